The second-order valence-electron chi connectivity index (χ2n) is 14.4. The van der Waals surface area contributed by atoms with Crippen LogP contribution in [0.3, 0.4) is 0 Å². The number of aliphatic hydroxyl groups is 1. The molecule has 0 amide bonds. The number of nitrogens with zero attached hydrogens (tertiary/aromatic N) is 11. The number of nitrogens with one attached hydrogen (secondary N) is 1. The molecule has 6 heterocycles. The minimum absolute atomic E-state index is 0.0312. The molecule has 6 aromatic rings. The molecule has 2 aliphatic heterocycles. The molecule has 17 heteroatoms. The summed E-state index contributed by atoms with van der Waals surface area (Å²) in [6.45, 7) is 17.6. The zero-order chi connectivity index (χ0) is 43.1. The van der Waals surface area contributed by atoms with Crippen LogP contribution >= 0.6 is 0 Å². The van der Waals surface area contributed by atoms with E-state index in [4.69, 9.17) is 17.9 Å². The fourth-order valence-corrected chi connectivity index (χ4v) is 6.74. The predicted octanol–water partition coefficient (Wildman–Crippen LogP) is 5.35. The maximum atomic E-state index is 12.4. The Morgan fingerprint density at radius 1 is 0.672 bits per heavy atom. The van der Waals surface area contributed by atoms with Crippen molar-refractivity contribution in [2.45, 2.75) is 50.7 Å². The molecule has 61 heavy (non-hydrogen) atoms. The van der Waals surface area contributed by atoms with E-state index in [2.05, 4.69) is 49.4 Å². The number of rotatable bonds is 6. The molecule has 2 aliphatic rings. The van der Waals surface area contributed by atoms with Crippen molar-refractivity contribution < 1.29 is 9.84 Å². The lowest BCUT2D eigenvalue weighted by molar-refractivity contribution is 0.161. The van der Waals surface area contributed by atoms with Crippen molar-refractivity contribution in [2.75, 3.05) is 36.0 Å². The number of aliphatic hydroxyl groups excluding tert-OH is 1. The molecule has 0 aliphatic carbocycles. The van der Waals surface area contributed by atoms with Gasteiger partial charge >= 0.3 is 5.69 Å². The first-order valence-corrected chi connectivity index (χ1v) is 19.8. The van der Waals surface area contributed by atoms with E-state index >= 15 is 0 Å². The molecule has 2 saturated heterocycles. The molecule has 17 nitrogen and oxygen atoms in total. The minimum Gasteiger partial charge on any atom is -0.461 e. The number of hydrogen-bond acceptors (Lipinski definition) is 12. The third-order valence-electron chi connectivity index (χ3n) is 10.3. The first-order chi connectivity index (χ1) is 29.6. The van der Waals surface area contributed by atoms with E-state index in [0.717, 1.165) is 80.6 Å². The number of aromatic nitrogens is 8. The smallest absolute Gasteiger partial charge is 0.328 e. The average Bonchev–Trinajstić information content (AvgIpc) is 3.68. The summed E-state index contributed by atoms with van der Waals surface area (Å²) in [4.78, 5) is 69.3. The number of hydrogen-bond donors (Lipinski definition) is 2. The standard InChI is InChI=1S/C22H22N6O2.C13H16N2O.C9H8N4O2/c1-23-16-5-7-17(8-6-16)28-12-3-4-18(10-13-28)30-22-26-20(14-21(29)27(22)2)19-9-11-24-15-25-19;1-14-11-4-6-12(7-5-11)15-9-2-3-13(16)8-10-15;1-13-8(14)4-7(12-9(13)15)6-2-3-10-5-11-6/h5-9,11,14-15,18H,3-4,10,12-13H2,2H3;4-7,13,16H,2-3,8-10H2;2-5H,1H3,(H,12,15). The summed E-state index contributed by atoms with van der Waals surface area (Å²) >= 11 is 0. The Bertz CT molecular complexity index is 2590. The third-order valence-corrected chi connectivity index (χ3v) is 10.3. The highest BCUT2D eigenvalue weighted by molar-refractivity contribution is 5.57. The van der Waals surface area contributed by atoms with Crippen LogP contribution in [0.15, 0.2) is 112 Å². The molecule has 2 aromatic carbocycles. The zero-order valence-electron chi connectivity index (χ0n) is 34.0. The molecule has 8 rings (SSSR count). The van der Waals surface area contributed by atoms with E-state index in [1.807, 2.05) is 48.5 Å². The molecular weight excluding hydrogens is 777 g/mol. The Morgan fingerprint density at radius 2 is 1.23 bits per heavy atom. The van der Waals surface area contributed by atoms with Gasteiger partial charge in [0, 0.05) is 82.6 Å². The summed E-state index contributed by atoms with van der Waals surface area (Å²) in [5.74, 6) is 0. The van der Waals surface area contributed by atoms with Crippen molar-refractivity contribution in [3.8, 4) is 28.8 Å². The second kappa shape index (κ2) is 21.0. The quantitative estimate of drug-likeness (QED) is 0.206. The van der Waals surface area contributed by atoms with Crippen LogP contribution in [0.2, 0.25) is 0 Å². The van der Waals surface area contributed by atoms with Crippen LogP contribution in [-0.2, 0) is 14.1 Å². The van der Waals surface area contributed by atoms with Crippen molar-refractivity contribution in [3.05, 3.63) is 152 Å². The molecule has 0 bridgehead atoms. The lowest BCUT2D eigenvalue weighted by atomic mass is 10.2. The molecular formula is C44H46N12O5. The fraction of sp³-hybridized carbons (Fsp3) is 0.318. The van der Waals surface area contributed by atoms with Gasteiger partial charge in [0.2, 0.25) is 0 Å². The third kappa shape index (κ3) is 11.8. The van der Waals surface area contributed by atoms with Gasteiger partial charge in [-0.25, -0.2) is 34.4 Å². The van der Waals surface area contributed by atoms with E-state index in [9.17, 15) is 19.5 Å². The van der Waals surface area contributed by atoms with Crippen LogP contribution in [0.4, 0.5) is 22.7 Å². The van der Waals surface area contributed by atoms with E-state index in [1.54, 1.807) is 25.4 Å². The van der Waals surface area contributed by atoms with Crippen LogP contribution in [0.25, 0.3) is 32.5 Å². The molecule has 4 aromatic heterocycles. The van der Waals surface area contributed by atoms with Gasteiger partial charge in [-0.1, -0.05) is 24.3 Å². The first kappa shape index (κ1) is 43.1. The van der Waals surface area contributed by atoms with Crippen LogP contribution in [-0.4, -0.2) is 82.5 Å². The number of ether oxygens (including phenoxy) is 1. The summed E-state index contributed by atoms with van der Waals surface area (Å²) in [7, 11) is 3.07. The highest BCUT2D eigenvalue weighted by Crippen LogP contribution is 2.26. The summed E-state index contributed by atoms with van der Waals surface area (Å²) in [5.41, 5.74) is 4.54. The highest BCUT2D eigenvalue weighted by atomic mass is 16.5. The Hall–Kier alpha value is -7.50. The lowest BCUT2D eigenvalue weighted by Crippen LogP contribution is -2.32. The number of H-pyrrole nitrogens is 1. The molecule has 2 fully saturated rings. The minimum atomic E-state index is -0.462. The summed E-state index contributed by atoms with van der Waals surface area (Å²) < 4.78 is 8.59. The Labute approximate surface area is 352 Å². The van der Waals surface area contributed by atoms with Gasteiger partial charge in [-0.2, -0.15) is 4.98 Å². The molecule has 0 radical (unpaired) electrons. The van der Waals surface area contributed by atoms with Crippen LogP contribution in [0, 0.1) is 13.1 Å². The van der Waals surface area contributed by atoms with Crippen molar-refractivity contribution in [1.82, 2.24) is 39.0 Å². The molecule has 0 spiro atoms. The SMILES string of the molecule is Cn1c(=O)cc(-c2ccncn2)[nH]c1=O.[C-]#[N+]c1ccc(N2CCCC(O)CC2)cc1.[C-]#[N+]c1ccc(N2CCCC(Oc3nc(-c4ccncn4)cc(=O)n3C)CC2)cc1. The highest BCUT2D eigenvalue weighted by Gasteiger charge is 2.21. The second-order valence-corrected chi connectivity index (χ2v) is 14.4. The van der Waals surface area contributed by atoms with Gasteiger partial charge in [0.25, 0.3) is 17.1 Å². The van der Waals surface area contributed by atoms with E-state index in [-0.39, 0.29) is 23.3 Å². The lowest BCUT2D eigenvalue weighted by Gasteiger charge is -2.23. The number of benzene rings is 2. The van der Waals surface area contributed by atoms with Gasteiger partial charge in [-0.15, -0.1) is 0 Å². The summed E-state index contributed by atoms with van der Waals surface area (Å²) in [6.07, 6.45) is 11.2. The topological polar surface area (TPSA) is 186 Å². The monoisotopic (exact) mass is 822 g/mol. The Kier molecular flexibility index (Phi) is 14.8. The fourth-order valence-electron chi connectivity index (χ4n) is 6.74. The van der Waals surface area contributed by atoms with E-state index in [0.29, 0.717) is 40.2 Å². The van der Waals surface area contributed by atoms with Gasteiger partial charge in [0.05, 0.1) is 42.0 Å². The average molecular weight is 823 g/mol. The van der Waals surface area contributed by atoms with Gasteiger partial charge in [0.1, 0.15) is 18.8 Å². The van der Waals surface area contributed by atoms with Crippen LogP contribution in [0.5, 0.6) is 6.01 Å². The maximum absolute atomic E-state index is 12.4. The van der Waals surface area contributed by atoms with E-state index in [1.165, 1.54) is 42.6 Å². The molecule has 2 N–H and O–H groups in total. The van der Waals surface area contributed by atoms with Crippen molar-refractivity contribution in [2.24, 2.45) is 14.1 Å². The van der Waals surface area contributed by atoms with Crippen molar-refractivity contribution >= 4 is 22.7 Å². The first-order valence-electron chi connectivity index (χ1n) is 19.8. The molecule has 2 atom stereocenters. The molecule has 0 saturated carbocycles. The van der Waals surface area contributed by atoms with Gasteiger partial charge < -0.3 is 24.6 Å². The molecule has 2 unspecified atom stereocenters. The zero-order valence-corrected chi connectivity index (χ0v) is 34.0. The normalized spacial score (nSPS) is 16.2. The van der Waals surface area contributed by atoms with Gasteiger partial charge in [-0.05, 0) is 68.5 Å². The predicted molar refractivity (Wildman–Crippen MR) is 232 cm³/mol. The van der Waals surface area contributed by atoms with Crippen molar-refractivity contribution in [3.63, 3.8) is 0 Å². The van der Waals surface area contributed by atoms with Gasteiger partial charge in [0.15, 0.2) is 11.4 Å². The van der Waals surface area contributed by atoms with Gasteiger partial charge in [-0.3, -0.25) is 18.7 Å². The van der Waals surface area contributed by atoms with Crippen molar-refractivity contribution in [1.29, 1.82) is 0 Å². The summed E-state index contributed by atoms with van der Waals surface area (Å²) in [5, 5.41) is 9.57. The van der Waals surface area contributed by atoms with Crippen LogP contribution in [0.1, 0.15) is 38.5 Å². The van der Waals surface area contributed by atoms with Crippen LogP contribution < -0.4 is 31.3 Å². The number of anilines is 2. The summed E-state index contributed by atoms with van der Waals surface area (Å²) in [6, 6.07) is 21.8. The Balaban J connectivity index is 0.000000169. The maximum Gasteiger partial charge on any atom is 0.328 e. The molecule has 312 valence electrons. The Morgan fingerprint density at radius 3 is 1.79 bits per heavy atom. The number of aromatic amines is 1. The van der Waals surface area contributed by atoms with E-state index < -0.39 is 5.69 Å². The largest absolute Gasteiger partial charge is 0.461 e.